The molecule has 0 bridgehead atoms. The van der Waals surface area contributed by atoms with Gasteiger partial charge in [0.2, 0.25) is 0 Å². The molecule has 0 N–H and O–H groups in total. The molecule has 0 saturated carbocycles. The first-order valence-corrected chi connectivity index (χ1v) is 8.40. The fraction of sp³-hybridized carbons (Fsp3) is 0.400. The molecule has 1 atom stereocenters. The van der Waals surface area contributed by atoms with E-state index in [0.717, 1.165) is 24.0 Å². The summed E-state index contributed by atoms with van der Waals surface area (Å²) < 4.78 is 6.47. The van der Waals surface area contributed by atoms with Crippen LogP contribution in [-0.4, -0.2) is 17.6 Å². The molecular weight excluding hydrogens is 302 g/mol. The van der Waals surface area contributed by atoms with Gasteiger partial charge in [-0.05, 0) is 30.5 Å². The van der Waals surface area contributed by atoms with Crippen LogP contribution in [-0.2, 0) is 16.0 Å². The summed E-state index contributed by atoms with van der Waals surface area (Å²) in [5.41, 5.74) is 2.63. The maximum atomic E-state index is 12.9. The summed E-state index contributed by atoms with van der Waals surface area (Å²) in [6.45, 7) is 4.01. The maximum Gasteiger partial charge on any atom is 0.328 e. The lowest BCUT2D eigenvalue weighted by molar-refractivity contribution is -0.145. The predicted molar refractivity (Wildman–Crippen MR) is 95.3 cm³/mol. The molecule has 1 aromatic heterocycles. The number of methoxy groups -OCH3 is 1. The highest BCUT2D eigenvalue weighted by atomic mass is 16.5. The SMILES string of the molecule is CCCCC(C(=O)OC)n1cc(C)cc(Cc2ccccc2)c1=O. The first-order valence-electron chi connectivity index (χ1n) is 8.40. The second-order valence-corrected chi connectivity index (χ2v) is 6.10. The number of aromatic nitrogens is 1. The molecule has 0 aliphatic carbocycles. The Bertz CT molecular complexity index is 734. The molecule has 0 amide bonds. The van der Waals surface area contributed by atoms with E-state index in [2.05, 4.69) is 6.92 Å². The van der Waals surface area contributed by atoms with Gasteiger partial charge in [-0.2, -0.15) is 0 Å². The van der Waals surface area contributed by atoms with Crippen molar-refractivity contribution in [1.82, 2.24) is 4.57 Å². The number of aryl methyl sites for hydroxylation is 1. The zero-order valence-corrected chi connectivity index (χ0v) is 14.6. The third-order valence-corrected chi connectivity index (χ3v) is 4.13. The summed E-state index contributed by atoms with van der Waals surface area (Å²) >= 11 is 0. The fourth-order valence-electron chi connectivity index (χ4n) is 2.90. The van der Waals surface area contributed by atoms with E-state index in [0.29, 0.717) is 18.4 Å². The minimum absolute atomic E-state index is 0.115. The van der Waals surface area contributed by atoms with Crippen molar-refractivity contribution < 1.29 is 9.53 Å². The van der Waals surface area contributed by atoms with E-state index in [1.807, 2.05) is 43.3 Å². The van der Waals surface area contributed by atoms with Crippen LogP contribution in [0.5, 0.6) is 0 Å². The standard InChI is InChI=1S/C20H25NO3/c1-4-5-11-18(20(23)24-3)21-14-15(2)12-17(19(21)22)13-16-9-7-6-8-10-16/h6-10,12,14,18H,4-5,11,13H2,1-3H3. The highest BCUT2D eigenvalue weighted by molar-refractivity contribution is 5.74. The first kappa shape index (κ1) is 18.0. The zero-order chi connectivity index (χ0) is 17.5. The average molecular weight is 327 g/mol. The predicted octanol–water partition coefficient (Wildman–Crippen LogP) is 3.65. The van der Waals surface area contributed by atoms with Crippen LogP contribution >= 0.6 is 0 Å². The largest absolute Gasteiger partial charge is 0.467 e. The third-order valence-electron chi connectivity index (χ3n) is 4.13. The van der Waals surface area contributed by atoms with Gasteiger partial charge < -0.3 is 9.30 Å². The van der Waals surface area contributed by atoms with Gasteiger partial charge >= 0.3 is 5.97 Å². The van der Waals surface area contributed by atoms with Crippen LogP contribution in [0.4, 0.5) is 0 Å². The highest BCUT2D eigenvalue weighted by Crippen LogP contribution is 2.17. The van der Waals surface area contributed by atoms with Crippen molar-refractivity contribution in [2.75, 3.05) is 7.11 Å². The fourth-order valence-corrected chi connectivity index (χ4v) is 2.90. The first-order chi connectivity index (χ1) is 11.6. The van der Waals surface area contributed by atoms with Crippen LogP contribution in [0, 0.1) is 6.92 Å². The number of esters is 1. The molecule has 4 heteroatoms. The van der Waals surface area contributed by atoms with E-state index < -0.39 is 6.04 Å². The van der Waals surface area contributed by atoms with E-state index in [1.54, 1.807) is 10.8 Å². The topological polar surface area (TPSA) is 48.3 Å². The van der Waals surface area contributed by atoms with Gasteiger partial charge in [0.1, 0.15) is 6.04 Å². The van der Waals surface area contributed by atoms with Crippen LogP contribution in [0.1, 0.15) is 48.9 Å². The quantitative estimate of drug-likeness (QED) is 0.729. The number of hydrogen-bond donors (Lipinski definition) is 0. The molecule has 1 aromatic carbocycles. The lowest BCUT2D eigenvalue weighted by Gasteiger charge is -2.19. The summed E-state index contributed by atoms with van der Waals surface area (Å²) in [4.78, 5) is 25.1. The molecule has 1 heterocycles. The molecule has 0 spiro atoms. The summed E-state index contributed by atoms with van der Waals surface area (Å²) in [7, 11) is 1.37. The van der Waals surface area contributed by atoms with E-state index in [9.17, 15) is 9.59 Å². The molecule has 2 rings (SSSR count). The van der Waals surface area contributed by atoms with Crippen molar-refractivity contribution in [3.63, 3.8) is 0 Å². The number of carbonyl (C=O) groups is 1. The van der Waals surface area contributed by atoms with Crippen LogP contribution in [0.3, 0.4) is 0 Å². The number of benzene rings is 1. The zero-order valence-electron chi connectivity index (χ0n) is 14.6. The van der Waals surface area contributed by atoms with Crippen LogP contribution in [0.2, 0.25) is 0 Å². The van der Waals surface area contributed by atoms with E-state index in [-0.39, 0.29) is 11.5 Å². The Labute approximate surface area is 143 Å². The second-order valence-electron chi connectivity index (χ2n) is 6.10. The monoisotopic (exact) mass is 327 g/mol. The van der Waals surface area contributed by atoms with Crippen molar-refractivity contribution in [1.29, 1.82) is 0 Å². The van der Waals surface area contributed by atoms with Crippen LogP contribution in [0.15, 0.2) is 47.4 Å². The van der Waals surface area contributed by atoms with Crippen LogP contribution in [0.25, 0.3) is 0 Å². The van der Waals surface area contributed by atoms with Gasteiger partial charge in [0, 0.05) is 18.2 Å². The summed E-state index contributed by atoms with van der Waals surface area (Å²) in [6.07, 6.45) is 4.76. The Balaban J connectivity index is 2.42. The molecule has 0 aliphatic rings. The molecule has 2 aromatic rings. The summed E-state index contributed by atoms with van der Waals surface area (Å²) in [5, 5.41) is 0. The van der Waals surface area contributed by atoms with E-state index >= 15 is 0 Å². The smallest absolute Gasteiger partial charge is 0.328 e. The second kappa shape index (κ2) is 8.48. The number of pyridine rings is 1. The molecule has 0 fully saturated rings. The van der Waals surface area contributed by atoms with Gasteiger partial charge in [-0.15, -0.1) is 0 Å². The van der Waals surface area contributed by atoms with Gasteiger partial charge in [0.15, 0.2) is 0 Å². The number of nitrogens with zero attached hydrogens (tertiary/aromatic N) is 1. The van der Waals surface area contributed by atoms with Gasteiger partial charge in [0.05, 0.1) is 7.11 Å². The van der Waals surface area contributed by atoms with Crippen molar-refractivity contribution in [3.05, 3.63) is 69.6 Å². The van der Waals surface area contributed by atoms with Crippen molar-refractivity contribution >= 4 is 5.97 Å². The van der Waals surface area contributed by atoms with Gasteiger partial charge in [-0.25, -0.2) is 4.79 Å². The van der Waals surface area contributed by atoms with Gasteiger partial charge in [-0.3, -0.25) is 4.79 Å². The van der Waals surface area contributed by atoms with Crippen LogP contribution < -0.4 is 5.56 Å². The maximum absolute atomic E-state index is 12.9. The van der Waals surface area contributed by atoms with E-state index in [4.69, 9.17) is 4.74 Å². The Kier molecular flexibility index (Phi) is 6.36. The van der Waals surface area contributed by atoms with Crippen molar-refractivity contribution in [3.8, 4) is 0 Å². The number of unbranched alkanes of at least 4 members (excludes halogenated alkanes) is 1. The molecule has 0 aliphatic heterocycles. The molecule has 0 radical (unpaired) electrons. The molecule has 0 saturated heterocycles. The molecular formula is C20H25NO3. The molecule has 24 heavy (non-hydrogen) atoms. The molecule has 4 nitrogen and oxygen atoms in total. The van der Waals surface area contributed by atoms with E-state index in [1.165, 1.54) is 7.11 Å². The minimum atomic E-state index is -0.558. The third kappa shape index (κ3) is 4.34. The number of ether oxygens (including phenoxy) is 1. The Morgan fingerprint density at radius 3 is 2.58 bits per heavy atom. The Hall–Kier alpha value is -2.36. The Morgan fingerprint density at radius 2 is 1.96 bits per heavy atom. The molecule has 128 valence electrons. The lowest BCUT2D eigenvalue weighted by atomic mass is 10.0. The number of hydrogen-bond acceptors (Lipinski definition) is 3. The average Bonchev–Trinajstić information content (AvgIpc) is 2.59. The normalized spacial score (nSPS) is 12.0. The van der Waals surface area contributed by atoms with Gasteiger partial charge in [-0.1, -0.05) is 50.1 Å². The summed E-state index contributed by atoms with van der Waals surface area (Å²) in [6, 6.07) is 11.2. The number of carbonyl (C=O) groups excluding carboxylic acids is 1. The van der Waals surface area contributed by atoms with Crippen molar-refractivity contribution in [2.24, 2.45) is 0 Å². The van der Waals surface area contributed by atoms with Crippen molar-refractivity contribution in [2.45, 2.75) is 45.6 Å². The number of rotatable bonds is 7. The highest BCUT2D eigenvalue weighted by Gasteiger charge is 2.23. The molecule has 1 unspecified atom stereocenters. The minimum Gasteiger partial charge on any atom is -0.467 e. The lowest BCUT2D eigenvalue weighted by Crippen LogP contribution is -2.32. The van der Waals surface area contributed by atoms with Gasteiger partial charge in [0.25, 0.3) is 5.56 Å². The Morgan fingerprint density at radius 1 is 1.25 bits per heavy atom. The summed E-state index contributed by atoms with van der Waals surface area (Å²) in [5.74, 6) is -0.359.